The highest BCUT2D eigenvalue weighted by Crippen LogP contribution is 2.17. The summed E-state index contributed by atoms with van der Waals surface area (Å²) in [5.41, 5.74) is 0.558. The Kier molecular flexibility index (Phi) is 3.27. The second-order valence-corrected chi connectivity index (χ2v) is 3.72. The molecule has 0 aliphatic heterocycles. The van der Waals surface area contributed by atoms with Crippen LogP contribution in [0.25, 0.3) is 11.4 Å². The maximum absolute atomic E-state index is 13.0. The average Bonchev–Trinajstić information content (AvgIpc) is 2.75. The molecule has 5 heteroatoms. The summed E-state index contributed by atoms with van der Waals surface area (Å²) in [4.78, 5) is 14.9. The van der Waals surface area contributed by atoms with Gasteiger partial charge in [0.15, 0.2) is 0 Å². The van der Waals surface area contributed by atoms with Gasteiger partial charge >= 0.3 is 0 Å². The largest absolute Gasteiger partial charge is 0.339 e. The molecule has 0 aliphatic rings. The Hall–Kier alpha value is -2.04. The molecule has 0 fully saturated rings. The van der Waals surface area contributed by atoms with Crippen molar-refractivity contribution in [2.24, 2.45) is 0 Å². The minimum atomic E-state index is -0.349. The molecule has 1 heterocycles. The minimum absolute atomic E-state index is 0.0653. The first-order chi connectivity index (χ1) is 8.15. The Bertz CT molecular complexity index is 537. The molecule has 0 amide bonds. The fourth-order valence-electron chi connectivity index (χ4n) is 1.38. The van der Waals surface area contributed by atoms with E-state index in [1.54, 1.807) is 12.1 Å². The van der Waals surface area contributed by atoms with E-state index in [2.05, 4.69) is 10.1 Å². The third kappa shape index (κ3) is 2.96. The molecule has 1 aromatic carbocycles. The Morgan fingerprint density at radius 1 is 1.47 bits per heavy atom. The third-order valence-corrected chi connectivity index (χ3v) is 2.24. The summed E-state index contributed by atoms with van der Waals surface area (Å²) in [6.07, 6.45) is 0.780. The van der Waals surface area contributed by atoms with Crippen molar-refractivity contribution in [2.75, 3.05) is 0 Å². The molecule has 0 atom stereocenters. The topological polar surface area (TPSA) is 56.0 Å². The molecule has 0 saturated heterocycles. The number of hydrogen-bond donors (Lipinski definition) is 0. The van der Waals surface area contributed by atoms with E-state index in [1.165, 1.54) is 19.1 Å². The predicted molar refractivity (Wildman–Crippen MR) is 58.7 cm³/mol. The van der Waals surface area contributed by atoms with E-state index in [0.717, 1.165) is 0 Å². The zero-order valence-corrected chi connectivity index (χ0v) is 9.31. The number of benzene rings is 1. The lowest BCUT2D eigenvalue weighted by Crippen LogP contribution is -1.94. The molecule has 0 unspecified atom stereocenters. The van der Waals surface area contributed by atoms with Crippen LogP contribution < -0.4 is 0 Å². The van der Waals surface area contributed by atoms with Gasteiger partial charge in [-0.3, -0.25) is 0 Å². The maximum atomic E-state index is 13.0. The van der Waals surface area contributed by atoms with Crippen molar-refractivity contribution < 1.29 is 13.7 Å². The van der Waals surface area contributed by atoms with E-state index in [1.807, 2.05) is 0 Å². The molecular weight excluding hydrogens is 223 g/mol. The fourth-order valence-corrected chi connectivity index (χ4v) is 1.38. The van der Waals surface area contributed by atoms with Crippen molar-refractivity contribution in [1.82, 2.24) is 10.1 Å². The van der Waals surface area contributed by atoms with Gasteiger partial charge in [0.2, 0.25) is 11.7 Å². The average molecular weight is 234 g/mol. The zero-order chi connectivity index (χ0) is 12.3. The maximum Gasteiger partial charge on any atom is 0.227 e. The molecule has 0 radical (unpaired) electrons. The zero-order valence-electron chi connectivity index (χ0n) is 9.31. The van der Waals surface area contributed by atoms with Crippen molar-refractivity contribution in [3.63, 3.8) is 0 Å². The molecule has 0 bridgehead atoms. The number of nitrogens with zero attached hydrogens (tertiary/aromatic N) is 2. The molecule has 0 N–H and O–H groups in total. The lowest BCUT2D eigenvalue weighted by atomic mass is 10.2. The van der Waals surface area contributed by atoms with Crippen LogP contribution in [0.1, 0.15) is 19.2 Å². The Balaban J connectivity index is 2.15. The second kappa shape index (κ2) is 4.86. The minimum Gasteiger partial charge on any atom is -0.339 e. The number of carbonyl (C=O) groups excluding carboxylic acids is 1. The van der Waals surface area contributed by atoms with Crippen LogP contribution in [0.4, 0.5) is 4.39 Å². The molecule has 1 aromatic heterocycles. The summed E-state index contributed by atoms with van der Waals surface area (Å²) in [5.74, 6) is 0.440. The first-order valence-corrected chi connectivity index (χ1v) is 5.23. The third-order valence-electron chi connectivity index (χ3n) is 2.24. The van der Waals surface area contributed by atoms with Gasteiger partial charge in [0.05, 0.1) is 0 Å². The Labute approximate surface area is 97.5 Å². The van der Waals surface area contributed by atoms with Gasteiger partial charge in [0.1, 0.15) is 11.6 Å². The monoisotopic (exact) mass is 234 g/mol. The number of rotatable bonds is 4. The van der Waals surface area contributed by atoms with Gasteiger partial charge in [-0.05, 0) is 19.1 Å². The number of carbonyl (C=O) groups is 1. The summed E-state index contributed by atoms with van der Waals surface area (Å²) in [5, 5.41) is 3.74. The number of hydrogen-bond acceptors (Lipinski definition) is 4. The van der Waals surface area contributed by atoms with E-state index in [-0.39, 0.29) is 11.6 Å². The summed E-state index contributed by atoms with van der Waals surface area (Å²) in [6, 6.07) is 5.96. The highest BCUT2D eigenvalue weighted by molar-refractivity contribution is 5.75. The Morgan fingerprint density at radius 3 is 3.00 bits per heavy atom. The first-order valence-electron chi connectivity index (χ1n) is 5.23. The smallest absolute Gasteiger partial charge is 0.227 e. The molecule has 4 nitrogen and oxygen atoms in total. The predicted octanol–water partition coefficient (Wildman–Crippen LogP) is 2.40. The normalized spacial score (nSPS) is 10.5. The number of aryl methyl sites for hydroxylation is 1. The molecule has 0 aliphatic carbocycles. The van der Waals surface area contributed by atoms with Gasteiger partial charge in [-0.25, -0.2) is 4.39 Å². The van der Waals surface area contributed by atoms with Crippen LogP contribution in [0.2, 0.25) is 0 Å². The van der Waals surface area contributed by atoms with Crippen LogP contribution in [0.5, 0.6) is 0 Å². The molecule has 17 heavy (non-hydrogen) atoms. The van der Waals surface area contributed by atoms with Gasteiger partial charge in [-0.1, -0.05) is 17.3 Å². The summed E-state index contributed by atoms with van der Waals surface area (Å²) < 4.78 is 18.0. The van der Waals surface area contributed by atoms with Crippen LogP contribution in [0.3, 0.4) is 0 Å². The van der Waals surface area contributed by atoms with Crippen molar-refractivity contribution in [1.29, 1.82) is 0 Å². The van der Waals surface area contributed by atoms with Gasteiger partial charge in [0, 0.05) is 18.4 Å². The highest BCUT2D eigenvalue weighted by Gasteiger charge is 2.09. The lowest BCUT2D eigenvalue weighted by Gasteiger charge is -1.93. The lowest BCUT2D eigenvalue weighted by molar-refractivity contribution is -0.117. The second-order valence-electron chi connectivity index (χ2n) is 3.72. The molecule has 0 spiro atoms. The van der Waals surface area contributed by atoms with E-state index in [4.69, 9.17) is 4.52 Å². The quantitative estimate of drug-likeness (QED) is 0.815. The Morgan fingerprint density at radius 2 is 2.29 bits per heavy atom. The van der Waals surface area contributed by atoms with Gasteiger partial charge in [-0.2, -0.15) is 4.98 Å². The number of halogens is 1. The van der Waals surface area contributed by atoms with Crippen molar-refractivity contribution in [2.45, 2.75) is 19.8 Å². The van der Waals surface area contributed by atoms with Crippen molar-refractivity contribution >= 4 is 5.78 Å². The summed E-state index contributed by atoms with van der Waals surface area (Å²) >= 11 is 0. The summed E-state index contributed by atoms with van der Waals surface area (Å²) in [7, 11) is 0. The standard InChI is InChI=1S/C12H11FN2O2/c1-8(16)5-6-11-14-12(15-17-11)9-3-2-4-10(13)7-9/h2-4,7H,5-6H2,1H3. The van der Waals surface area contributed by atoms with E-state index >= 15 is 0 Å². The van der Waals surface area contributed by atoms with Crippen LogP contribution >= 0.6 is 0 Å². The molecule has 88 valence electrons. The van der Waals surface area contributed by atoms with E-state index in [0.29, 0.717) is 30.1 Å². The van der Waals surface area contributed by atoms with Crippen LogP contribution in [0, 0.1) is 5.82 Å². The SMILES string of the molecule is CC(=O)CCc1nc(-c2cccc(F)c2)no1. The number of aromatic nitrogens is 2. The van der Waals surface area contributed by atoms with Gasteiger partial charge in [-0.15, -0.1) is 0 Å². The van der Waals surface area contributed by atoms with Crippen LogP contribution in [-0.4, -0.2) is 15.9 Å². The number of ketones is 1. The van der Waals surface area contributed by atoms with Gasteiger partial charge in [0.25, 0.3) is 0 Å². The van der Waals surface area contributed by atoms with Crippen molar-refractivity contribution in [3.05, 3.63) is 36.0 Å². The summed E-state index contributed by atoms with van der Waals surface area (Å²) in [6.45, 7) is 1.50. The van der Waals surface area contributed by atoms with Gasteiger partial charge < -0.3 is 9.32 Å². The molecule has 2 aromatic rings. The molecule has 2 rings (SSSR count). The molecular formula is C12H11FN2O2. The van der Waals surface area contributed by atoms with E-state index in [9.17, 15) is 9.18 Å². The molecule has 0 saturated carbocycles. The number of Topliss-reactive ketones (excluding diaryl/α,β-unsaturated/α-hetero) is 1. The fraction of sp³-hybridized carbons (Fsp3) is 0.250. The van der Waals surface area contributed by atoms with Crippen LogP contribution in [0.15, 0.2) is 28.8 Å². The van der Waals surface area contributed by atoms with Crippen molar-refractivity contribution in [3.8, 4) is 11.4 Å². The highest BCUT2D eigenvalue weighted by atomic mass is 19.1. The van der Waals surface area contributed by atoms with Crippen LogP contribution in [-0.2, 0) is 11.2 Å². The first kappa shape index (κ1) is 11.4. The van der Waals surface area contributed by atoms with E-state index < -0.39 is 0 Å².